The third-order valence-corrected chi connectivity index (χ3v) is 2.29. The van der Waals surface area contributed by atoms with Gasteiger partial charge in [0.1, 0.15) is 0 Å². The molecule has 1 aromatic rings. The Balaban J connectivity index is 2.07. The van der Waals surface area contributed by atoms with E-state index in [-0.39, 0.29) is 5.91 Å². The second kappa shape index (κ2) is 7.01. The highest BCUT2D eigenvalue weighted by Gasteiger charge is 2.02. The monoisotopic (exact) mass is 221 g/mol. The molecule has 0 radical (unpaired) electrons. The van der Waals surface area contributed by atoms with Crippen molar-refractivity contribution in [1.29, 1.82) is 0 Å². The Kier molecular flexibility index (Phi) is 5.57. The van der Waals surface area contributed by atoms with Crippen LogP contribution in [0.1, 0.15) is 18.4 Å². The number of benzene rings is 1. The molecule has 1 aromatic carbocycles. The van der Waals surface area contributed by atoms with Gasteiger partial charge in [0.25, 0.3) is 0 Å². The molecule has 16 heavy (non-hydrogen) atoms. The normalized spacial score (nSPS) is 10.1. The summed E-state index contributed by atoms with van der Waals surface area (Å²) >= 11 is 0. The summed E-state index contributed by atoms with van der Waals surface area (Å²) in [6.07, 6.45) is 1.34. The molecule has 0 unspecified atom stereocenters. The summed E-state index contributed by atoms with van der Waals surface area (Å²) < 4.78 is 5.48. The average molecular weight is 221 g/mol. The summed E-state index contributed by atoms with van der Waals surface area (Å²) in [5, 5.41) is 0. The molecule has 1 rings (SSSR count). The van der Waals surface area contributed by atoms with Gasteiger partial charge in [0.2, 0.25) is 5.91 Å². The zero-order valence-electron chi connectivity index (χ0n) is 9.98. The summed E-state index contributed by atoms with van der Waals surface area (Å²) in [6.45, 7) is 1.26. The number of ether oxygens (including phenoxy) is 1. The number of amides is 1. The Hall–Kier alpha value is -1.35. The van der Waals surface area contributed by atoms with Crippen molar-refractivity contribution in [1.82, 2.24) is 4.90 Å². The molecule has 0 atom stereocenters. The van der Waals surface area contributed by atoms with E-state index in [1.807, 2.05) is 30.3 Å². The summed E-state index contributed by atoms with van der Waals surface area (Å²) in [5.41, 5.74) is 1.17. The molecule has 0 spiro atoms. The molecule has 88 valence electrons. The number of carbonyl (C=O) groups excluding carboxylic acids is 1. The smallest absolute Gasteiger partial charge is 0.222 e. The molecule has 1 amide bonds. The van der Waals surface area contributed by atoms with Crippen LogP contribution >= 0.6 is 0 Å². The minimum absolute atomic E-state index is 0.156. The van der Waals surface area contributed by atoms with Gasteiger partial charge in [-0.25, -0.2) is 0 Å². The van der Waals surface area contributed by atoms with Crippen LogP contribution in [0.25, 0.3) is 0 Å². The van der Waals surface area contributed by atoms with Gasteiger partial charge in [-0.05, 0) is 12.0 Å². The fraction of sp³-hybridized carbons (Fsp3) is 0.462. The molecule has 0 heterocycles. The standard InChI is InChI=1S/C13H19NO2/c1-14(2)13(15)9-6-10-16-11-12-7-4-3-5-8-12/h3-5,7-8H,6,9-11H2,1-2H3. The van der Waals surface area contributed by atoms with Gasteiger partial charge < -0.3 is 9.64 Å². The lowest BCUT2D eigenvalue weighted by Gasteiger charge is -2.09. The Bertz CT molecular complexity index is 309. The zero-order valence-corrected chi connectivity index (χ0v) is 9.98. The van der Waals surface area contributed by atoms with Crippen molar-refractivity contribution < 1.29 is 9.53 Å². The second-order valence-corrected chi connectivity index (χ2v) is 3.93. The number of hydrogen-bond acceptors (Lipinski definition) is 2. The summed E-state index contributed by atoms with van der Waals surface area (Å²) in [7, 11) is 3.54. The molecule has 0 bridgehead atoms. The maximum Gasteiger partial charge on any atom is 0.222 e. The van der Waals surface area contributed by atoms with Crippen molar-refractivity contribution in [3.05, 3.63) is 35.9 Å². The molecular formula is C13H19NO2. The van der Waals surface area contributed by atoms with Gasteiger partial charge in [-0.15, -0.1) is 0 Å². The molecule has 0 aliphatic carbocycles. The highest BCUT2D eigenvalue weighted by Crippen LogP contribution is 2.02. The number of hydrogen-bond donors (Lipinski definition) is 0. The summed E-state index contributed by atoms with van der Waals surface area (Å²) in [5.74, 6) is 0.156. The quantitative estimate of drug-likeness (QED) is 0.688. The molecule has 0 aliphatic rings. The van der Waals surface area contributed by atoms with Gasteiger partial charge in [-0.2, -0.15) is 0 Å². The first kappa shape index (κ1) is 12.7. The molecule has 0 aliphatic heterocycles. The average Bonchev–Trinajstić information content (AvgIpc) is 2.29. The Morgan fingerprint density at radius 1 is 1.25 bits per heavy atom. The minimum atomic E-state index is 0.156. The molecule has 0 fully saturated rings. The van der Waals surface area contributed by atoms with Crippen LogP contribution in [0.3, 0.4) is 0 Å². The van der Waals surface area contributed by atoms with Crippen LogP contribution in [0.2, 0.25) is 0 Å². The minimum Gasteiger partial charge on any atom is -0.377 e. The lowest BCUT2D eigenvalue weighted by molar-refractivity contribution is -0.129. The third-order valence-electron chi connectivity index (χ3n) is 2.29. The molecule has 0 saturated carbocycles. The van der Waals surface area contributed by atoms with E-state index in [0.29, 0.717) is 19.6 Å². The van der Waals surface area contributed by atoms with Crippen molar-refractivity contribution in [3.8, 4) is 0 Å². The van der Waals surface area contributed by atoms with E-state index in [1.54, 1.807) is 19.0 Å². The van der Waals surface area contributed by atoms with E-state index >= 15 is 0 Å². The predicted molar refractivity (Wildman–Crippen MR) is 64.0 cm³/mol. The fourth-order valence-corrected chi connectivity index (χ4v) is 1.31. The van der Waals surface area contributed by atoms with Crippen LogP contribution in [-0.2, 0) is 16.1 Å². The Morgan fingerprint density at radius 3 is 2.56 bits per heavy atom. The predicted octanol–water partition coefficient (Wildman–Crippen LogP) is 2.07. The van der Waals surface area contributed by atoms with Gasteiger partial charge in [-0.1, -0.05) is 30.3 Å². The van der Waals surface area contributed by atoms with Crippen LogP contribution in [0.15, 0.2) is 30.3 Å². The van der Waals surface area contributed by atoms with Crippen LogP contribution in [0.5, 0.6) is 0 Å². The first-order valence-electron chi connectivity index (χ1n) is 5.52. The second-order valence-electron chi connectivity index (χ2n) is 3.93. The van der Waals surface area contributed by atoms with E-state index in [2.05, 4.69) is 0 Å². The molecule has 0 N–H and O–H groups in total. The van der Waals surface area contributed by atoms with Crippen molar-refractivity contribution in [2.75, 3.05) is 20.7 Å². The molecule has 3 heteroatoms. The highest BCUT2D eigenvalue weighted by atomic mass is 16.5. The molecular weight excluding hydrogens is 202 g/mol. The highest BCUT2D eigenvalue weighted by molar-refractivity contribution is 5.75. The van der Waals surface area contributed by atoms with Crippen LogP contribution < -0.4 is 0 Å². The Morgan fingerprint density at radius 2 is 1.94 bits per heavy atom. The van der Waals surface area contributed by atoms with Crippen LogP contribution in [-0.4, -0.2) is 31.5 Å². The Labute approximate surface area is 97.0 Å². The van der Waals surface area contributed by atoms with Crippen LogP contribution in [0, 0.1) is 0 Å². The van der Waals surface area contributed by atoms with Crippen molar-refractivity contribution in [2.45, 2.75) is 19.4 Å². The van der Waals surface area contributed by atoms with E-state index in [1.165, 1.54) is 5.56 Å². The van der Waals surface area contributed by atoms with E-state index in [9.17, 15) is 4.79 Å². The van der Waals surface area contributed by atoms with Gasteiger partial charge in [-0.3, -0.25) is 4.79 Å². The van der Waals surface area contributed by atoms with Gasteiger partial charge in [0.05, 0.1) is 6.61 Å². The zero-order chi connectivity index (χ0) is 11.8. The van der Waals surface area contributed by atoms with Crippen molar-refractivity contribution in [3.63, 3.8) is 0 Å². The molecule has 0 aromatic heterocycles. The maximum absolute atomic E-state index is 11.2. The lowest BCUT2D eigenvalue weighted by atomic mass is 10.2. The lowest BCUT2D eigenvalue weighted by Crippen LogP contribution is -2.21. The van der Waals surface area contributed by atoms with E-state index < -0.39 is 0 Å². The summed E-state index contributed by atoms with van der Waals surface area (Å²) in [4.78, 5) is 12.9. The summed E-state index contributed by atoms with van der Waals surface area (Å²) in [6, 6.07) is 10.0. The van der Waals surface area contributed by atoms with Crippen molar-refractivity contribution >= 4 is 5.91 Å². The van der Waals surface area contributed by atoms with Gasteiger partial charge in [0.15, 0.2) is 0 Å². The molecule has 0 saturated heterocycles. The first-order chi connectivity index (χ1) is 7.70. The van der Waals surface area contributed by atoms with E-state index in [4.69, 9.17) is 4.74 Å². The number of nitrogens with zero attached hydrogens (tertiary/aromatic N) is 1. The van der Waals surface area contributed by atoms with Crippen molar-refractivity contribution in [2.24, 2.45) is 0 Å². The van der Waals surface area contributed by atoms with Gasteiger partial charge >= 0.3 is 0 Å². The molecule has 3 nitrogen and oxygen atoms in total. The number of rotatable bonds is 6. The first-order valence-corrected chi connectivity index (χ1v) is 5.52. The topological polar surface area (TPSA) is 29.5 Å². The van der Waals surface area contributed by atoms with Gasteiger partial charge in [0, 0.05) is 27.1 Å². The largest absolute Gasteiger partial charge is 0.377 e. The number of carbonyl (C=O) groups is 1. The van der Waals surface area contributed by atoms with Crippen LogP contribution in [0.4, 0.5) is 0 Å². The maximum atomic E-state index is 11.2. The third kappa shape index (κ3) is 4.94. The fourth-order valence-electron chi connectivity index (χ4n) is 1.31. The SMILES string of the molecule is CN(C)C(=O)CCCOCc1ccccc1. The van der Waals surface area contributed by atoms with E-state index in [0.717, 1.165) is 6.42 Å².